The molecule has 0 atom stereocenters. The van der Waals surface area contributed by atoms with Gasteiger partial charge in [0.1, 0.15) is 0 Å². The molecule has 0 aliphatic heterocycles. The van der Waals surface area contributed by atoms with Crippen LogP contribution in [0.15, 0.2) is 449 Å². The number of nitrogens with zero attached hydrogens (tertiary/aromatic N) is 2. The third-order valence-electron chi connectivity index (χ3n) is 24.0. The van der Waals surface area contributed by atoms with Crippen LogP contribution in [-0.4, -0.2) is 0 Å². The van der Waals surface area contributed by atoms with Crippen molar-refractivity contribution in [3.8, 4) is 89.0 Å². The van der Waals surface area contributed by atoms with Crippen molar-refractivity contribution in [3.63, 3.8) is 0 Å². The summed E-state index contributed by atoms with van der Waals surface area (Å²) in [5, 5.41) is 22.3. The molecule has 0 bridgehead atoms. The average molecular weight is 1470 g/mol. The van der Waals surface area contributed by atoms with Crippen molar-refractivity contribution in [2.24, 2.45) is 0 Å². The van der Waals surface area contributed by atoms with Crippen molar-refractivity contribution in [2.75, 3.05) is 9.80 Å². The summed E-state index contributed by atoms with van der Waals surface area (Å²) >= 11 is 0. The van der Waals surface area contributed by atoms with E-state index in [1.807, 2.05) is 0 Å². The summed E-state index contributed by atoms with van der Waals surface area (Å²) < 4.78 is 0. The minimum absolute atomic E-state index is 1.08. The van der Waals surface area contributed by atoms with E-state index in [9.17, 15) is 0 Å². The summed E-state index contributed by atoms with van der Waals surface area (Å²) in [7, 11) is 0. The summed E-state index contributed by atoms with van der Waals surface area (Å²) in [4.78, 5) is 4.80. The largest absolute Gasteiger partial charge is 0.310 e. The number of rotatable bonds is 14. The van der Waals surface area contributed by atoms with Gasteiger partial charge in [-0.3, -0.25) is 0 Å². The zero-order valence-corrected chi connectivity index (χ0v) is 63.6. The van der Waals surface area contributed by atoms with E-state index in [4.69, 9.17) is 0 Å². The Labute approximate surface area is 674 Å². The normalized spacial score (nSPS) is 11.6. The number of hydrogen-bond donors (Lipinski definition) is 0. The van der Waals surface area contributed by atoms with Gasteiger partial charge in [0.25, 0.3) is 0 Å². The maximum absolute atomic E-state index is 2.42. The van der Waals surface area contributed by atoms with Gasteiger partial charge in [-0.05, 0) is 284 Å². The molecule has 0 aromatic heterocycles. The van der Waals surface area contributed by atoms with E-state index in [-0.39, 0.29) is 0 Å². The van der Waals surface area contributed by atoms with Gasteiger partial charge in [0.05, 0.1) is 5.69 Å². The maximum Gasteiger partial charge on any atom is 0.0540 e. The maximum atomic E-state index is 2.42. The molecule has 22 aromatic rings. The predicted molar refractivity (Wildman–Crippen MR) is 497 cm³/mol. The zero-order chi connectivity index (χ0) is 76.6. The van der Waals surface area contributed by atoms with Crippen LogP contribution >= 0.6 is 0 Å². The highest BCUT2D eigenvalue weighted by atomic mass is 15.1. The number of anilines is 6. The molecule has 0 unspecified atom stereocenters. The van der Waals surface area contributed by atoms with Crippen LogP contribution in [0.3, 0.4) is 0 Å². The van der Waals surface area contributed by atoms with Gasteiger partial charge in [-0.15, -0.1) is 0 Å². The van der Waals surface area contributed by atoms with Crippen molar-refractivity contribution in [1.29, 1.82) is 0 Å². The molecule has 0 saturated heterocycles. The highest BCUT2D eigenvalue weighted by Gasteiger charge is 2.23. The zero-order valence-electron chi connectivity index (χ0n) is 63.6. The Morgan fingerprint density at radius 1 is 0.112 bits per heavy atom. The van der Waals surface area contributed by atoms with Crippen molar-refractivity contribution in [3.05, 3.63) is 449 Å². The number of benzene rings is 22. The van der Waals surface area contributed by atoms with Crippen LogP contribution in [0.1, 0.15) is 0 Å². The lowest BCUT2D eigenvalue weighted by molar-refractivity contribution is 1.28. The molecule has 116 heavy (non-hydrogen) atoms. The van der Waals surface area contributed by atoms with Gasteiger partial charge in [-0.25, -0.2) is 0 Å². The monoisotopic (exact) mass is 1470 g/mol. The van der Waals surface area contributed by atoms with Crippen molar-refractivity contribution >= 4 is 131 Å². The van der Waals surface area contributed by atoms with E-state index in [0.29, 0.717) is 0 Å². The fraction of sp³-hybridized carbons (Fsp3) is 0. The summed E-state index contributed by atoms with van der Waals surface area (Å²) in [5.74, 6) is 0. The van der Waals surface area contributed by atoms with Crippen LogP contribution < -0.4 is 9.80 Å². The van der Waals surface area contributed by atoms with E-state index in [0.717, 1.165) is 73.1 Å². The van der Waals surface area contributed by atoms with Gasteiger partial charge in [-0.1, -0.05) is 346 Å². The quantitative estimate of drug-likeness (QED) is 0.100. The Morgan fingerprint density at radius 3 is 1.08 bits per heavy atom. The summed E-state index contributed by atoms with van der Waals surface area (Å²) in [5.41, 5.74) is 25.4. The fourth-order valence-electron chi connectivity index (χ4n) is 18.3. The lowest BCUT2D eigenvalue weighted by Gasteiger charge is -2.28. The van der Waals surface area contributed by atoms with Crippen molar-refractivity contribution < 1.29 is 0 Å². The highest BCUT2D eigenvalue weighted by molar-refractivity contribution is 6.21. The molecule has 0 spiro atoms. The smallest absolute Gasteiger partial charge is 0.0540 e. The minimum atomic E-state index is 1.08. The van der Waals surface area contributed by atoms with Gasteiger partial charge in [-0.2, -0.15) is 0 Å². The first-order chi connectivity index (χ1) is 57.5. The molecular weight excluding hydrogens is 1400 g/mol. The number of fused-ring (bicyclic) bond motifs is 13. The number of para-hydroxylation sites is 3. The molecule has 0 fully saturated rings. The molecular formula is C114H74N2. The van der Waals surface area contributed by atoms with Gasteiger partial charge in [0, 0.05) is 34.0 Å². The first kappa shape index (κ1) is 67.7. The first-order valence-electron chi connectivity index (χ1n) is 40.1. The second kappa shape index (κ2) is 28.5. The average Bonchev–Trinajstić information content (AvgIpc) is 0.750. The molecule has 2 nitrogen and oxygen atoms in total. The second-order valence-electron chi connectivity index (χ2n) is 30.6. The van der Waals surface area contributed by atoms with E-state index in [1.165, 1.54) is 147 Å². The highest BCUT2D eigenvalue weighted by Crippen LogP contribution is 2.48. The summed E-state index contributed by atoms with van der Waals surface area (Å²) in [6, 6.07) is 166. The lowest BCUT2D eigenvalue weighted by Crippen LogP contribution is -2.11. The topological polar surface area (TPSA) is 6.48 Å². The molecule has 0 aliphatic rings. The Balaban J connectivity index is 0.566. The first-order valence-corrected chi connectivity index (χ1v) is 40.1. The van der Waals surface area contributed by atoms with Gasteiger partial charge < -0.3 is 9.80 Å². The minimum Gasteiger partial charge on any atom is -0.310 e. The third kappa shape index (κ3) is 12.1. The third-order valence-corrected chi connectivity index (χ3v) is 24.0. The summed E-state index contributed by atoms with van der Waals surface area (Å²) in [6.45, 7) is 0. The van der Waals surface area contributed by atoms with Crippen LogP contribution in [0.5, 0.6) is 0 Å². The molecule has 0 amide bonds. The van der Waals surface area contributed by atoms with Crippen molar-refractivity contribution in [1.82, 2.24) is 0 Å². The van der Waals surface area contributed by atoms with Crippen LogP contribution in [-0.2, 0) is 0 Å². The molecule has 0 saturated carbocycles. The van der Waals surface area contributed by atoms with Crippen LogP contribution in [0.25, 0.3) is 186 Å². The SMILES string of the molecule is c1ccc(-c2cc(-c3cccc(-c4ccc5ccc6c7cc(-c8cccc9cc(-c%10ccc(N(c%11ccccc%11)c%11ccccc%11-c%11ccc(-c%12ccc%13ccc%14c%15ccccc%15ccc%14c%13c%12)c%12ccccc%11%12)cc%10)ccc89)ccc7ccc6c5c4)c3)cc(N(c3ccccc3)c3ccc(-c4cccc5ccccc45)cc3)c2)cc1. The fourth-order valence-corrected chi connectivity index (χ4v) is 18.3. The van der Waals surface area contributed by atoms with E-state index in [1.54, 1.807) is 0 Å². The Morgan fingerprint density at radius 2 is 0.440 bits per heavy atom. The Hall–Kier alpha value is -15.2. The van der Waals surface area contributed by atoms with Crippen LogP contribution in [0.2, 0.25) is 0 Å². The molecule has 22 rings (SSSR count). The second-order valence-corrected chi connectivity index (χ2v) is 30.6. The molecule has 2 heteroatoms. The van der Waals surface area contributed by atoms with Crippen LogP contribution in [0, 0.1) is 0 Å². The molecule has 0 heterocycles. The van der Waals surface area contributed by atoms with Gasteiger partial charge >= 0.3 is 0 Å². The van der Waals surface area contributed by atoms with Crippen LogP contribution in [0.4, 0.5) is 34.1 Å². The Bertz CT molecular complexity index is 7610. The van der Waals surface area contributed by atoms with Gasteiger partial charge in [0.2, 0.25) is 0 Å². The van der Waals surface area contributed by atoms with Crippen molar-refractivity contribution in [2.45, 2.75) is 0 Å². The molecule has 0 N–H and O–H groups in total. The van der Waals surface area contributed by atoms with E-state index >= 15 is 0 Å². The van der Waals surface area contributed by atoms with E-state index in [2.05, 4.69) is 459 Å². The molecule has 22 aromatic carbocycles. The number of hydrogen-bond acceptors (Lipinski definition) is 2. The molecule has 540 valence electrons. The summed E-state index contributed by atoms with van der Waals surface area (Å²) in [6.07, 6.45) is 0. The standard InChI is InChI=1S/C114H74N2/c1-4-21-75(22-5-1)90-69-91(71-96(70-90)115(92-29-6-2-7-30-92)94-58-49-79(50-59-94)98-38-19-25-77-23-10-12-33-97(77)98)84-27-18-26-83(67-84)86-44-41-80-53-64-109-108(111(80)72-86)63-54-82-42-45-88(73-113(82)109)100-39-20-28-87-68-85(55-60-101(87)100)76-47-56-95(57-48-76)116(93-31-8-3-9-32-93)114-40-17-16-37-110(114)106-66-65-102(103-35-14-15-36-104(103)106)89-46-43-81-52-61-105-99-34-13-11-24-78(99)51-62-107(105)112(81)74-89/h1-74H. The van der Waals surface area contributed by atoms with E-state index < -0.39 is 0 Å². The molecule has 0 radical (unpaired) electrons. The molecule has 0 aliphatic carbocycles. The Kier molecular flexibility index (Phi) is 16.6. The lowest BCUT2D eigenvalue weighted by atomic mass is 9.89. The van der Waals surface area contributed by atoms with Gasteiger partial charge in [0.15, 0.2) is 0 Å². The predicted octanol–water partition coefficient (Wildman–Crippen LogP) is 32.3.